The quantitative estimate of drug-likeness (QED) is 0.630. The van der Waals surface area contributed by atoms with Crippen LogP contribution in [0, 0.1) is 5.41 Å². The normalized spacial score (nSPS) is 18.4. The Labute approximate surface area is 115 Å². The Bertz CT molecular complexity index is 401. The number of hydrogen-bond donors (Lipinski definition) is 2. The van der Waals surface area contributed by atoms with E-state index in [9.17, 15) is 0 Å². The second-order valence-corrected chi connectivity index (χ2v) is 5.16. The minimum atomic E-state index is 0.182. The van der Waals surface area contributed by atoms with Gasteiger partial charge in [0.15, 0.2) is 0 Å². The SMILES string of the molecule is CN(C1CCOCC1)C(CC(=N)N)c1ccccc1. The average molecular weight is 261 g/mol. The summed E-state index contributed by atoms with van der Waals surface area (Å²) in [6.45, 7) is 1.66. The van der Waals surface area contributed by atoms with Crippen LogP contribution in [0.1, 0.15) is 30.9 Å². The summed E-state index contributed by atoms with van der Waals surface area (Å²) in [6.07, 6.45) is 2.69. The molecule has 4 nitrogen and oxygen atoms in total. The summed E-state index contributed by atoms with van der Waals surface area (Å²) in [5.41, 5.74) is 6.86. The molecule has 1 saturated heterocycles. The van der Waals surface area contributed by atoms with Crippen LogP contribution in [0.15, 0.2) is 30.3 Å². The summed E-state index contributed by atoms with van der Waals surface area (Å²) < 4.78 is 5.42. The van der Waals surface area contributed by atoms with Gasteiger partial charge in [0.1, 0.15) is 0 Å². The number of amidine groups is 1. The van der Waals surface area contributed by atoms with Gasteiger partial charge in [0, 0.05) is 31.7 Å². The predicted molar refractivity (Wildman–Crippen MR) is 77.3 cm³/mol. The largest absolute Gasteiger partial charge is 0.388 e. The lowest BCUT2D eigenvalue weighted by atomic mass is 9.97. The Balaban J connectivity index is 2.14. The molecule has 1 aromatic carbocycles. The van der Waals surface area contributed by atoms with Gasteiger partial charge >= 0.3 is 0 Å². The van der Waals surface area contributed by atoms with Gasteiger partial charge in [-0.3, -0.25) is 10.3 Å². The van der Waals surface area contributed by atoms with E-state index in [1.54, 1.807) is 0 Å². The Hall–Kier alpha value is -1.39. The minimum absolute atomic E-state index is 0.182. The van der Waals surface area contributed by atoms with Gasteiger partial charge in [0.2, 0.25) is 0 Å². The van der Waals surface area contributed by atoms with Crippen molar-refractivity contribution in [2.75, 3.05) is 20.3 Å². The lowest BCUT2D eigenvalue weighted by molar-refractivity contribution is 0.0291. The van der Waals surface area contributed by atoms with Crippen LogP contribution >= 0.6 is 0 Å². The van der Waals surface area contributed by atoms with Crippen LogP contribution in [0.5, 0.6) is 0 Å². The Morgan fingerprint density at radius 1 is 1.37 bits per heavy atom. The molecule has 104 valence electrons. The maximum atomic E-state index is 7.61. The van der Waals surface area contributed by atoms with E-state index >= 15 is 0 Å². The maximum Gasteiger partial charge on any atom is 0.0924 e. The fourth-order valence-corrected chi connectivity index (χ4v) is 2.73. The van der Waals surface area contributed by atoms with Crippen LogP contribution < -0.4 is 5.73 Å². The molecule has 0 radical (unpaired) electrons. The number of nitrogens with two attached hydrogens (primary N) is 1. The van der Waals surface area contributed by atoms with Gasteiger partial charge in [-0.1, -0.05) is 30.3 Å². The highest BCUT2D eigenvalue weighted by Gasteiger charge is 2.26. The molecule has 1 aromatic rings. The van der Waals surface area contributed by atoms with E-state index in [-0.39, 0.29) is 11.9 Å². The van der Waals surface area contributed by atoms with Gasteiger partial charge in [-0.05, 0) is 25.5 Å². The van der Waals surface area contributed by atoms with Crippen molar-refractivity contribution in [3.05, 3.63) is 35.9 Å². The van der Waals surface area contributed by atoms with Crippen LogP contribution in [0.2, 0.25) is 0 Å². The number of nitrogens with zero attached hydrogens (tertiary/aromatic N) is 1. The molecule has 1 fully saturated rings. The third-order valence-corrected chi connectivity index (χ3v) is 3.86. The molecule has 1 unspecified atom stereocenters. The first-order valence-corrected chi connectivity index (χ1v) is 6.86. The highest BCUT2D eigenvalue weighted by Crippen LogP contribution is 2.27. The average Bonchev–Trinajstić information content (AvgIpc) is 2.46. The van der Waals surface area contributed by atoms with Gasteiger partial charge in [-0.2, -0.15) is 0 Å². The molecule has 0 spiro atoms. The third-order valence-electron chi connectivity index (χ3n) is 3.86. The molecular formula is C15H23N3O. The summed E-state index contributed by atoms with van der Waals surface area (Å²) in [4.78, 5) is 2.36. The highest BCUT2D eigenvalue weighted by atomic mass is 16.5. The zero-order valence-electron chi connectivity index (χ0n) is 11.5. The van der Waals surface area contributed by atoms with Gasteiger partial charge in [-0.15, -0.1) is 0 Å². The molecule has 1 aliphatic heterocycles. The monoisotopic (exact) mass is 261 g/mol. The zero-order chi connectivity index (χ0) is 13.7. The molecule has 0 saturated carbocycles. The van der Waals surface area contributed by atoms with E-state index in [1.165, 1.54) is 5.56 Å². The number of benzene rings is 1. The fourth-order valence-electron chi connectivity index (χ4n) is 2.73. The lowest BCUT2D eigenvalue weighted by Crippen LogP contribution is -2.40. The molecule has 1 aliphatic rings. The van der Waals surface area contributed by atoms with E-state index in [0.29, 0.717) is 12.5 Å². The summed E-state index contributed by atoms with van der Waals surface area (Å²) >= 11 is 0. The zero-order valence-corrected chi connectivity index (χ0v) is 11.5. The first kappa shape index (κ1) is 14.0. The van der Waals surface area contributed by atoms with E-state index in [2.05, 4.69) is 24.1 Å². The van der Waals surface area contributed by atoms with Crippen molar-refractivity contribution in [2.24, 2.45) is 5.73 Å². The maximum absolute atomic E-state index is 7.61. The second kappa shape index (κ2) is 6.68. The fraction of sp³-hybridized carbons (Fsp3) is 0.533. The summed E-state index contributed by atoms with van der Waals surface area (Å²) in [6, 6.07) is 11.0. The number of hydrogen-bond acceptors (Lipinski definition) is 3. The van der Waals surface area contributed by atoms with Crippen molar-refractivity contribution in [3.63, 3.8) is 0 Å². The van der Waals surface area contributed by atoms with Crippen molar-refractivity contribution >= 4 is 5.84 Å². The van der Waals surface area contributed by atoms with Crippen LogP contribution in [-0.4, -0.2) is 37.0 Å². The van der Waals surface area contributed by atoms with Gasteiger partial charge < -0.3 is 10.5 Å². The molecule has 0 aliphatic carbocycles. The van der Waals surface area contributed by atoms with Crippen molar-refractivity contribution in [1.82, 2.24) is 4.90 Å². The Morgan fingerprint density at radius 2 is 2.00 bits per heavy atom. The first-order chi connectivity index (χ1) is 9.18. The first-order valence-electron chi connectivity index (χ1n) is 6.86. The summed E-state index contributed by atoms with van der Waals surface area (Å²) in [5, 5.41) is 7.61. The highest BCUT2D eigenvalue weighted by molar-refractivity contribution is 5.77. The minimum Gasteiger partial charge on any atom is -0.388 e. The van der Waals surface area contributed by atoms with Crippen LogP contribution in [0.25, 0.3) is 0 Å². The van der Waals surface area contributed by atoms with Gasteiger partial charge in [-0.25, -0.2) is 0 Å². The molecule has 2 rings (SSSR count). The molecule has 1 atom stereocenters. The van der Waals surface area contributed by atoms with Crippen molar-refractivity contribution in [1.29, 1.82) is 5.41 Å². The van der Waals surface area contributed by atoms with Crippen molar-refractivity contribution < 1.29 is 4.74 Å². The van der Waals surface area contributed by atoms with Crippen LogP contribution in [0.4, 0.5) is 0 Å². The molecule has 3 N–H and O–H groups in total. The third kappa shape index (κ3) is 3.78. The van der Waals surface area contributed by atoms with Gasteiger partial charge in [0.25, 0.3) is 0 Å². The van der Waals surface area contributed by atoms with Crippen LogP contribution in [-0.2, 0) is 4.74 Å². The number of ether oxygens (including phenoxy) is 1. The van der Waals surface area contributed by atoms with E-state index < -0.39 is 0 Å². The molecule has 0 bridgehead atoms. The van der Waals surface area contributed by atoms with E-state index in [4.69, 9.17) is 15.9 Å². The molecule has 19 heavy (non-hydrogen) atoms. The molecule has 0 amide bonds. The topological polar surface area (TPSA) is 62.3 Å². The smallest absolute Gasteiger partial charge is 0.0924 e. The number of rotatable bonds is 5. The van der Waals surface area contributed by atoms with Crippen LogP contribution in [0.3, 0.4) is 0 Å². The van der Waals surface area contributed by atoms with Gasteiger partial charge in [0.05, 0.1) is 5.84 Å². The summed E-state index contributed by atoms with van der Waals surface area (Å²) in [5.74, 6) is 0.243. The number of nitrogens with one attached hydrogen (secondary N) is 1. The van der Waals surface area contributed by atoms with Crippen molar-refractivity contribution in [2.45, 2.75) is 31.3 Å². The summed E-state index contributed by atoms with van der Waals surface area (Å²) in [7, 11) is 2.14. The molecule has 0 aromatic heterocycles. The van der Waals surface area contributed by atoms with Crippen molar-refractivity contribution in [3.8, 4) is 0 Å². The molecular weight excluding hydrogens is 238 g/mol. The Kier molecular flexibility index (Phi) is 4.93. The Morgan fingerprint density at radius 3 is 2.58 bits per heavy atom. The van der Waals surface area contributed by atoms with E-state index in [1.807, 2.05) is 18.2 Å². The standard InChI is InChI=1S/C15H23N3O/c1-18(13-7-9-19-10-8-13)14(11-15(16)17)12-5-3-2-4-6-12/h2-6,13-14H,7-11H2,1H3,(H3,16,17). The molecule has 4 heteroatoms. The lowest BCUT2D eigenvalue weighted by Gasteiger charge is -2.37. The second-order valence-electron chi connectivity index (χ2n) is 5.16. The molecule has 1 heterocycles. The van der Waals surface area contributed by atoms with E-state index in [0.717, 1.165) is 26.1 Å². The predicted octanol–water partition coefficient (Wildman–Crippen LogP) is 2.16.